The molecule has 4 atom stereocenters. The van der Waals surface area contributed by atoms with Crippen LogP contribution in [0.5, 0.6) is 34.6 Å². The molecular formula is C108H99F4N23O10. The molecule has 4 fully saturated rings. The molecule has 0 saturated carbocycles. The molecule has 11 aromatic heterocycles. The number of ether oxygens (including phenoxy) is 6. The third-order valence-corrected chi connectivity index (χ3v) is 24.8. The molecule has 4 aliphatic heterocycles. The Bertz CT molecular complexity index is 7470. The smallest absolute Gasteiger partial charge is 0.417 e. The van der Waals surface area contributed by atoms with Crippen molar-refractivity contribution in [3.8, 4) is 127 Å². The van der Waals surface area contributed by atoms with E-state index in [9.17, 15) is 36.7 Å². The Hall–Kier alpha value is -18.1. The van der Waals surface area contributed by atoms with Gasteiger partial charge in [0.15, 0.2) is 0 Å². The molecule has 0 spiro atoms. The Morgan fingerprint density at radius 2 is 0.662 bits per heavy atom. The molecule has 4 saturated heterocycles. The molecule has 5 aromatic carbocycles. The number of carbonyl (C=O) groups is 4. The topological polar surface area (TPSA) is 400 Å². The van der Waals surface area contributed by atoms with Gasteiger partial charge in [-0.3, -0.25) is 46.7 Å². The van der Waals surface area contributed by atoms with Gasteiger partial charge in [-0.1, -0.05) is 47.9 Å². The zero-order valence-electron chi connectivity index (χ0n) is 79.9. The van der Waals surface area contributed by atoms with Gasteiger partial charge in [-0.2, -0.15) is 13.2 Å². The standard InChI is InChI=1S/C28H27N5O3.C27H23F3N6O2.C27H26N6O3.C26H23FN6O2/c1-3-5-24(34)32-16-4-6-23(32)28-31-25(26-27(29)30-15-17-33(26)28)20-9-13-22(14-10-20)36-18-19-7-11-21(35-2)12-8-19;1-2-4-22(37)35-13-3-5-21(35)26-34-23(24-25(31)32-12-14-36(24)26)17-6-10-20(11-7-17)38-16-19-9-8-18(15-33-19)27(28,29)30;1-3-5-23(34)32-14-4-6-22(32)27-31-24(25-26(28)29-13-15-33(25)27)18-7-10-20(11-8-18)36-17-19-9-12-21(35-2)16-30-19;1-2-4-22(34)32-13-3-5-20(32)26-31-23(24-25(28)29-12-14-33(24)26)18-8-11-21(30-15-18)35-16-17-6-9-19(27)10-7-17/h7-15,17,23H,4,6,16,18H2,1-2H3,(H2,29,30);6-12,14-15,21H,3,5,13,16H2,1H3,(H2,31,32);7-13,15-16,22H,4,6,14,17H2,1-2H3,(H2,28,29);6-12,14-15,20H,3,5,13,16H2,1H3,(H2,28,29)/t23-;21-;22-;20-/m0000/s1. The molecule has 0 radical (unpaired) electrons. The lowest BCUT2D eigenvalue weighted by Crippen LogP contribution is -2.30. The minimum absolute atomic E-state index is 0.0120. The molecule has 8 N–H and O–H groups in total. The van der Waals surface area contributed by atoms with E-state index in [4.69, 9.17) is 71.3 Å². The predicted octanol–water partition coefficient (Wildman–Crippen LogP) is 16.3. The number of carbonyl (C=O) groups excluding carboxylic acids is 4. The van der Waals surface area contributed by atoms with Crippen LogP contribution >= 0.6 is 0 Å². The molecule has 33 nitrogen and oxygen atoms in total. The fourth-order valence-electron chi connectivity index (χ4n) is 17.9. The van der Waals surface area contributed by atoms with Crippen LogP contribution in [0.25, 0.3) is 67.1 Å². The Balaban J connectivity index is 0.000000132. The number of imidazole rings is 4. The Morgan fingerprint density at radius 1 is 0.352 bits per heavy atom. The molecule has 0 aliphatic carbocycles. The summed E-state index contributed by atoms with van der Waals surface area (Å²) in [6.45, 7) is 10.2. The minimum Gasteiger partial charge on any atom is -0.497 e. The highest BCUT2D eigenvalue weighted by Gasteiger charge is 2.39. The fourth-order valence-corrected chi connectivity index (χ4v) is 17.9. The summed E-state index contributed by atoms with van der Waals surface area (Å²) in [5.74, 6) is 28.5. The first-order valence-electron chi connectivity index (χ1n) is 46.6. The summed E-state index contributed by atoms with van der Waals surface area (Å²) in [6.07, 6.45) is 20.1. The van der Waals surface area contributed by atoms with Crippen LogP contribution < -0.4 is 51.4 Å². The lowest BCUT2D eigenvalue weighted by Gasteiger charge is -2.21. The Morgan fingerprint density at radius 3 is 0.972 bits per heavy atom. The number of hydrogen-bond donors (Lipinski definition) is 4. The molecular weight excluding hydrogens is 1860 g/mol. The lowest BCUT2D eigenvalue weighted by molar-refractivity contribution is -0.138. The van der Waals surface area contributed by atoms with E-state index >= 15 is 0 Å². The molecule has 4 aliphatic rings. The second-order valence-electron chi connectivity index (χ2n) is 33.8. The molecule has 145 heavy (non-hydrogen) atoms. The number of aromatic nitrogens is 15. The van der Waals surface area contributed by atoms with Crippen LogP contribution in [-0.2, 0) is 51.8 Å². The van der Waals surface area contributed by atoms with Crippen molar-refractivity contribution in [2.75, 3.05) is 63.3 Å². The van der Waals surface area contributed by atoms with Crippen molar-refractivity contribution < 1.29 is 65.2 Å². The van der Waals surface area contributed by atoms with Crippen molar-refractivity contribution in [1.29, 1.82) is 0 Å². The maximum atomic E-state index is 13.1. The van der Waals surface area contributed by atoms with Gasteiger partial charge >= 0.3 is 6.18 Å². The maximum Gasteiger partial charge on any atom is 0.417 e. The van der Waals surface area contributed by atoms with E-state index in [0.29, 0.717) is 137 Å². The number of hydrogen-bond acceptors (Lipinski definition) is 25. The number of rotatable bonds is 22. The van der Waals surface area contributed by atoms with Crippen molar-refractivity contribution >= 4 is 69.0 Å². The van der Waals surface area contributed by atoms with E-state index in [2.05, 4.69) is 82.3 Å². The van der Waals surface area contributed by atoms with Crippen molar-refractivity contribution in [2.24, 2.45) is 0 Å². The molecule has 4 amide bonds. The van der Waals surface area contributed by atoms with Gasteiger partial charge in [-0.15, -0.1) is 0 Å². The van der Waals surface area contributed by atoms with Crippen LogP contribution in [0.3, 0.4) is 0 Å². The number of fused-ring (bicyclic) bond motifs is 4. The van der Waals surface area contributed by atoms with E-state index in [-0.39, 0.29) is 66.8 Å². The second kappa shape index (κ2) is 44.6. The lowest BCUT2D eigenvalue weighted by atomic mass is 10.1. The predicted molar refractivity (Wildman–Crippen MR) is 534 cm³/mol. The number of anilines is 4. The van der Waals surface area contributed by atoms with E-state index in [1.807, 2.05) is 133 Å². The van der Waals surface area contributed by atoms with Crippen LogP contribution in [-0.4, -0.2) is 156 Å². The average molecular weight is 1960 g/mol. The molecule has 734 valence electrons. The van der Waals surface area contributed by atoms with Crippen molar-refractivity contribution in [3.63, 3.8) is 0 Å². The van der Waals surface area contributed by atoms with E-state index in [1.165, 1.54) is 18.2 Å². The normalized spacial score (nSPS) is 15.1. The minimum atomic E-state index is -4.44. The van der Waals surface area contributed by atoms with Crippen molar-refractivity contribution in [2.45, 2.75) is 136 Å². The van der Waals surface area contributed by atoms with Gasteiger partial charge in [0, 0.05) is 116 Å². The number of methoxy groups -OCH3 is 2. The summed E-state index contributed by atoms with van der Waals surface area (Å²) in [7, 11) is 3.25. The number of likely N-dealkylation sites (tertiary alicyclic amines) is 4. The van der Waals surface area contributed by atoms with Gasteiger partial charge in [0.25, 0.3) is 23.6 Å². The van der Waals surface area contributed by atoms with Gasteiger partial charge < -0.3 is 71.0 Å². The van der Waals surface area contributed by atoms with Crippen molar-refractivity contribution in [1.82, 2.24) is 92.0 Å². The molecule has 0 unspecified atom stereocenters. The summed E-state index contributed by atoms with van der Waals surface area (Å²) >= 11 is 0. The number of nitrogens with two attached hydrogens (primary N) is 4. The third-order valence-electron chi connectivity index (χ3n) is 24.8. The zero-order valence-corrected chi connectivity index (χ0v) is 79.9. The first kappa shape index (κ1) is 98.5. The summed E-state index contributed by atoms with van der Waals surface area (Å²) in [5, 5.41) is 0. The Labute approximate surface area is 831 Å². The zero-order chi connectivity index (χ0) is 101. The first-order valence-corrected chi connectivity index (χ1v) is 46.6. The number of nitrogens with zero attached hydrogens (tertiary/aromatic N) is 19. The molecule has 15 heterocycles. The fraction of sp³-hybridized carbons (Fsp3) is 0.250. The number of amides is 4. The highest BCUT2D eigenvalue weighted by molar-refractivity contribution is 5.97. The van der Waals surface area contributed by atoms with E-state index < -0.39 is 11.7 Å². The summed E-state index contributed by atoms with van der Waals surface area (Å²) < 4.78 is 92.6. The van der Waals surface area contributed by atoms with E-state index in [1.54, 1.807) is 141 Å². The van der Waals surface area contributed by atoms with E-state index in [0.717, 1.165) is 137 Å². The maximum absolute atomic E-state index is 13.1. The first-order chi connectivity index (χ1) is 70.5. The number of halogens is 4. The van der Waals surface area contributed by atoms with Gasteiger partial charge in [-0.05, 0) is 241 Å². The number of benzene rings is 5. The SMILES string of the molecule is CC#CC(=O)N1CCC[C@H]1c1nc(-c2ccc(OCc3ccc(C(F)(F)F)cn3)cc2)c2c(N)nccn12.CC#CC(=O)N1CCC[C@H]1c1nc(-c2ccc(OCc3ccc(F)cc3)nc2)c2c(N)nccn12.CC#CC(=O)N1CCC[C@H]1c1nc(-c2ccc(OCc3ccc(OC)cc3)cc2)c2c(N)nccn12.CC#CC(=O)N1CCC[C@H]1c1nc(-c2ccc(OCc3ccc(OC)cn3)cc2)c2c(N)nccn12. The van der Waals surface area contributed by atoms with Gasteiger partial charge in [-0.25, -0.2) is 49.2 Å². The van der Waals surface area contributed by atoms with Crippen LogP contribution in [0.2, 0.25) is 0 Å². The van der Waals surface area contributed by atoms with Crippen LogP contribution in [0.4, 0.5) is 40.8 Å². The second-order valence-corrected chi connectivity index (χ2v) is 33.8. The Kier molecular flexibility index (Phi) is 30.3. The highest BCUT2D eigenvalue weighted by atomic mass is 19.4. The summed E-state index contributed by atoms with van der Waals surface area (Å²) in [6, 6.07) is 45.2. The van der Waals surface area contributed by atoms with Crippen molar-refractivity contribution in [3.05, 3.63) is 283 Å². The summed E-state index contributed by atoms with van der Waals surface area (Å²) in [5.41, 5.74) is 36.0. The monoisotopic (exact) mass is 1950 g/mol. The molecule has 0 bridgehead atoms. The molecule has 37 heteroatoms. The molecule has 16 aromatic rings. The molecule has 20 rings (SSSR count). The summed E-state index contributed by atoms with van der Waals surface area (Å²) in [4.78, 5) is 107. The largest absolute Gasteiger partial charge is 0.497 e. The van der Waals surface area contributed by atoms with Crippen LogP contribution in [0, 0.1) is 53.2 Å². The number of nitrogen functional groups attached to an aromatic ring is 4. The van der Waals surface area contributed by atoms with Crippen LogP contribution in [0.1, 0.15) is 155 Å². The van der Waals surface area contributed by atoms with Crippen LogP contribution in [0.15, 0.2) is 226 Å². The average Bonchev–Trinajstić information content (AvgIpc) is 1.61. The quantitative estimate of drug-likeness (QED) is 0.0361. The van der Waals surface area contributed by atoms with Gasteiger partial charge in [0.2, 0.25) is 5.88 Å². The third kappa shape index (κ3) is 22.1. The number of pyridine rings is 3. The number of alkyl halides is 3. The van der Waals surface area contributed by atoms with Gasteiger partial charge in [0.1, 0.15) is 152 Å². The highest BCUT2D eigenvalue weighted by Crippen LogP contribution is 2.44. The van der Waals surface area contributed by atoms with Gasteiger partial charge in [0.05, 0.1) is 61.5 Å².